The first-order valence-corrected chi connectivity index (χ1v) is 4.32. The van der Waals surface area contributed by atoms with Crippen LogP contribution in [0.1, 0.15) is 13.3 Å². The second-order valence-electron chi connectivity index (χ2n) is 4.02. The summed E-state index contributed by atoms with van der Waals surface area (Å²) in [4.78, 5) is 23.6. The molecule has 2 rings (SSSR count). The summed E-state index contributed by atoms with van der Waals surface area (Å²) in [5, 5.41) is 0. The number of carbonyl (C=O) groups excluding carboxylic acids is 2. The van der Waals surface area contributed by atoms with Crippen LogP contribution in [0.25, 0.3) is 0 Å². The minimum Gasteiger partial charge on any atom is -0.351 e. The second-order valence-corrected chi connectivity index (χ2v) is 4.02. The number of nitrogens with zero attached hydrogens (tertiary/aromatic N) is 1. The lowest BCUT2D eigenvalue weighted by atomic mass is 10.0. The molecule has 1 saturated heterocycles. The van der Waals surface area contributed by atoms with Gasteiger partial charge in [-0.1, -0.05) is 0 Å². The van der Waals surface area contributed by atoms with E-state index in [4.69, 9.17) is 11.5 Å². The molecule has 13 heavy (non-hydrogen) atoms. The van der Waals surface area contributed by atoms with Crippen LogP contribution in [0.3, 0.4) is 0 Å². The normalized spacial score (nSPS) is 41.5. The van der Waals surface area contributed by atoms with Crippen molar-refractivity contribution >= 4 is 11.8 Å². The van der Waals surface area contributed by atoms with E-state index in [2.05, 4.69) is 0 Å². The minimum absolute atomic E-state index is 0.0682. The molecular weight excluding hydrogens is 170 g/mol. The van der Waals surface area contributed by atoms with E-state index in [0.29, 0.717) is 6.54 Å². The van der Waals surface area contributed by atoms with Gasteiger partial charge in [-0.2, -0.15) is 0 Å². The third-order valence-corrected chi connectivity index (χ3v) is 3.11. The van der Waals surface area contributed by atoms with Crippen LogP contribution in [-0.4, -0.2) is 34.8 Å². The van der Waals surface area contributed by atoms with Crippen molar-refractivity contribution in [3.05, 3.63) is 0 Å². The number of amides is 2. The molecule has 1 heterocycles. The maximum absolute atomic E-state index is 11.3. The standard InChI is InChI=1S/C8H13N3O2/c1-4(12)6-8(10)2-5(8)3-11(6)7(9)13/h5-6H,2-3,10H2,1H3,(H2,9,13). The number of rotatable bonds is 1. The molecule has 2 aliphatic rings. The van der Waals surface area contributed by atoms with Gasteiger partial charge in [-0.25, -0.2) is 4.79 Å². The van der Waals surface area contributed by atoms with Gasteiger partial charge in [-0.05, 0) is 19.3 Å². The molecule has 2 fully saturated rings. The number of hydrogen-bond acceptors (Lipinski definition) is 3. The molecule has 5 nitrogen and oxygen atoms in total. The van der Waals surface area contributed by atoms with E-state index in [1.807, 2.05) is 0 Å². The highest BCUT2D eigenvalue weighted by Crippen LogP contribution is 2.51. The predicted octanol–water partition coefficient (Wildman–Crippen LogP) is -0.944. The van der Waals surface area contributed by atoms with Crippen LogP contribution in [0, 0.1) is 5.92 Å². The van der Waals surface area contributed by atoms with Crippen molar-refractivity contribution in [2.75, 3.05) is 6.54 Å². The van der Waals surface area contributed by atoms with Gasteiger partial charge < -0.3 is 16.4 Å². The lowest BCUT2D eigenvalue weighted by Crippen LogP contribution is -2.52. The van der Waals surface area contributed by atoms with Crippen LogP contribution in [-0.2, 0) is 4.79 Å². The number of fused-ring (bicyclic) bond motifs is 1. The lowest BCUT2D eigenvalue weighted by molar-refractivity contribution is -0.121. The monoisotopic (exact) mass is 183 g/mol. The topological polar surface area (TPSA) is 89.4 Å². The molecule has 1 aliphatic heterocycles. The molecule has 4 N–H and O–H groups in total. The van der Waals surface area contributed by atoms with Gasteiger partial charge >= 0.3 is 6.03 Å². The highest BCUT2D eigenvalue weighted by atomic mass is 16.2. The second kappa shape index (κ2) is 2.23. The summed E-state index contributed by atoms with van der Waals surface area (Å²) in [5.41, 5.74) is 10.6. The summed E-state index contributed by atoms with van der Waals surface area (Å²) in [6.07, 6.45) is 0.834. The van der Waals surface area contributed by atoms with Crippen molar-refractivity contribution in [3.63, 3.8) is 0 Å². The van der Waals surface area contributed by atoms with Gasteiger partial charge in [0.2, 0.25) is 0 Å². The highest BCUT2D eigenvalue weighted by molar-refractivity contribution is 5.89. The maximum Gasteiger partial charge on any atom is 0.315 e. The maximum atomic E-state index is 11.3. The molecule has 0 bridgehead atoms. The zero-order valence-electron chi connectivity index (χ0n) is 7.49. The zero-order chi connectivity index (χ0) is 9.80. The number of likely N-dealkylation sites (tertiary alicyclic amines) is 1. The van der Waals surface area contributed by atoms with Gasteiger partial charge in [-0.15, -0.1) is 0 Å². The smallest absolute Gasteiger partial charge is 0.315 e. The van der Waals surface area contributed by atoms with Gasteiger partial charge in [0.1, 0.15) is 6.04 Å². The van der Waals surface area contributed by atoms with Gasteiger partial charge in [-0.3, -0.25) is 4.79 Å². The summed E-state index contributed by atoms with van der Waals surface area (Å²) < 4.78 is 0. The fraction of sp³-hybridized carbons (Fsp3) is 0.750. The van der Waals surface area contributed by atoms with Gasteiger partial charge in [0.05, 0.1) is 0 Å². The molecular formula is C8H13N3O2. The first-order chi connectivity index (χ1) is 5.97. The van der Waals surface area contributed by atoms with Crippen molar-refractivity contribution in [1.29, 1.82) is 0 Å². The van der Waals surface area contributed by atoms with Crippen molar-refractivity contribution in [3.8, 4) is 0 Å². The summed E-state index contributed by atoms with van der Waals surface area (Å²) in [6.45, 7) is 1.99. The van der Waals surface area contributed by atoms with Crippen LogP contribution in [0.5, 0.6) is 0 Å². The molecule has 3 atom stereocenters. The number of hydrogen-bond donors (Lipinski definition) is 2. The Morgan fingerprint density at radius 2 is 2.15 bits per heavy atom. The van der Waals surface area contributed by atoms with Crippen LogP contribution >= 0.6 is 0 Å². The first kappa shape index (κ1) is 8.50. The number of primary amides is 1. The molecule has 0 aromatic rings. The predicted molar refractivity (Wildman–Crippen MR) is 45.8 cm³/mol. The van der Waals surface area contributed by atoms with Gasteiger partial charge in [0.15, 0.2) is 5.78 Å². The third kappa shape index (κ3) is 0.966. The fourth-order valence-corrected chi connectivity index (χ4v) is 2.39. The Morgan fingerprint density at radius 3 is 2.54 bits per heavy atom. The fourth-order valence-electron chi connectivity index (χ4n) is 2.39. The first-order valence-electron chi connectivity index (χ1n) is 4.32. The number of ketones is 1. The average molecular weight is 183 g/mol. The van der Waals surface area contributed by atoms with Gasteiger partial charge in [0, 0.05) is 12.1 Å². The summed E-state index contributed by atoms with van der Waals surface area (Å²) in [6, 6.07) is -1.03. The van der Waals surface area contributed by atoms with E-state index >= 15 is 0 Å². The molecule has 0 spiro atoms. The zero-order valence-corrected chi connectivity index (χ0v) is 7.49. The molecule has 0 radical (unpaired) electrons. The summed E-state index contributed by atoms with van der Waals surface area (Å²) in [5.74, 6) is 0.204. The van der Waals surface area contributed by atoms with Crippen molar-refractivity contribution in [2.45, 2.75) is 24.9 Å². The van der Waals surface area contributed by atoms with Crippen molar-refractivity contribution < 1.29 is 9.59 Å². The van der Waals surface area contributed by atoms with E-state index in [-0.39, 0.29) is 11.7 Å². The molecule has 0 aromatic carbocycles. The van der Waals surface area contributed by atoms with Crippen LogP contribution in [0.2, 0.25) is 0 Å². The molecule has 2 amide bonds. The number of Topliss-reactive ketones (excluding diaryl/α,β-unsaturated/α-hetero) is 1. The van der Waals surface area contributed by atoms with E-state index in [1.165, 1.54) is 11.8 Å². The van der Waals surface area contributed by atoms with Crippen molar-refractivity contribution in [2.24, 2.45) is 17.4 Å². The Hall–Kier alpha value is -1.10. The summed E-state index contributed by atoms with van der Waals surface area (Å²) >= 11 is 0. The van der Waals surface area contributed by atoms with Crippen LogP contribution in [0.15, 0.2) is 0 Å². The van der Waals surface area contributed by atoms with Crippen LogP contribution < -0.4 is 11.5 Å². The highest BCUT2D eigenvalue weighted by Gasteiger charge is 2.66. The molecule has 72 valence electrons. The molecule has 5 heteroatoms. The number of carbonyl (C=O) groups is 2. The van der Waals surface area contributed by atoms with E-state index in [9.17, 15) is 9.59 Å². The van der Waals surface area contributed by atoms with Crippen LogP contribution in [0.4, 0.5) is 4.79 Å². The lowest BCUT2D eigenvalue weighted by Gasteiger charge is -2.26. The van der Waals surface area contributed by atoms with Crippen molar-refractivity contribution in [1.82, 2.24) is 4.90 Å². The van der Waals surface area contributed by atoms with E-state index in [1.54, 1.807) is 0 Å². The number of nitrogens with two attached hydrogens (primary N) is 2. The Morgan fingerprint density at radius 1 is 1.54 bits per heavy atom. The Balaban J connectivity index is 2.26. The van der Waals surface area contributed by atoms with E-state index in [0.717, 1.165) is 6.42 Å². The summed E-state index contributed by atoms with van der Waals surface area (Å²) in [7, 11) is 0. The third-order valence-electron chi connectivity index (χ3n) is 3.11. The Labute approximate surface area is 76.0 Å². The Kier molecular flexibility index (Phi) is 1.46. The number of urea groups is 1. The molecule has 1 saturated carbocycles. The molecule has 0 aromatic heterocycles. The SMILES string of the molecule is CC(=O)C1N(C(N)=O)CC2CC21N. The quantitative estimate of drug-likeness (QED) is 0.549. The Bertz CT molecular complexity index is 291. The van der Waals surface area contributed by atoms with Gasteiger partial charge in [0.25, 0.3) is 0 Å². The van der Waals surface area contributed by atoms with E-state index < -0.39 is 17.6 Å². The average Bonchev–Trinajstić information content (AvgIpc) is 2.52. The largest absolute Gasteiger partial charge is 0.351 e. The number of piperidine rings is 1. The molecule has 3 unspecified atom stereocenters. The molecule has 1 aliphatic carbocycles. The minimum atomic E-state index is -0.544.